The summed E-state index contributed by atoms with van der Waals surface area (Å²) in [4.78, 5) is 10.8. The molecular weight excluding hydrogens is 198 g/mol. The molecule has 0 radical (unpaired) electrons. The Morgan fingerprint density at radius 3 is 3.00 bits per heavy atom. The molecule has 1 rings (SSSR count). The van der Waals surface area contributed by atoms with Gasteiger partial charge in [0.15, 0.2) is 0 Å². The van der Waals surface area contributed by atoms with Crippen LogP contribution in [0.15, 0.2) is 0 Å². The molecule has 15 heavy (non-hydrogen) atoms. The predicted molar refractivity (Wildman–Crippen MR) is 54.5 cm³/mol. The Balaban J connectivity index is 2.17. The number of esters is 1. The molecule has 0 aromatic carbocycles. The van der Waals surface area contributed by atoms with E-state index in [1.54, 1.807) is 0 Å². The molecule has 5 nitrogen and oxygen atoms in total. The van der Waals surface area contributed by atoms with E-state index in [2.05, 4.69) is 10.1 Å². The van der Waals surface area contributed by atoms with E-state index >= 15 is 0 Å². The smallest absolute Gasteiger partial charge is 0.306 e. The summed E-state index contributed by atoms with van der Waals surface area (Å²) in [5.74, 6) is -0.245. The maximum atomic E-state index is 10.8. The Kier molecular flexibility index (Phi) is 4.50. The molecule has 1 saturated heterocycles. The Morgan fingerprint density at radius 2 is 2.47 bits per heavy atom. The lowest BCUT2D eigenvalue weighted by Gasteiger charge is -2.26. The fourth-order valence-corrected chi connectivity index (χ4v) is 1.60. The van der Waals surface area contributed by atoms with Crippen LogP contribution in [-0.2, 0) is 14.3 Å². The molecular formula is C10H19NO4. The van der Waals surface area contributed by atoms with Crippen LogP contribution in [0.2, 0.25) is 0 Å². The van der Waals surface area contributed by atoms with E-state index in [1.165, 1.54) is 7.11 Å². The summed E-state index contributed by atoms with van der Waals surface area (Å²) < 4.78 is 9.79. The number of hydrogen-bond acceptors (Lipinski definition) is 5. The molecule has 0 amide bonds. The fraction of sp³-hybridized carbons (Fsp3) is 0.900. The molecule has 5 heteroatoms. The lowest BCUT2D eigenvalue weighted by Crippen LogP contribution is -2.46. The highest BCUT2D eigenvalue weighted by Crippen LogP contribution is 2.24. The summed E-state index contributed by atoms with van der Waals surface area (Å²) in [6.45, 7) is 3.41. The van der Waals surface area contributed by atoms with Crippen molar-refractivity contribution in [1.29, 1.82) is 0 Å². The first kappa shape index (κ1) is 12.4. The SMILES string of the molecule is COC(=O)CCNCC1(O)CCOC1C. The third kappa shape index (κ3) is 3.44. The Bertz CT molecular complexity index is 221. The summed E-state index contributed by atoms with van der Waals surface area (Å²) in [6, 6.07) is 0. The van der Waals surface area contributed by atoms with E-state index in [0.717, 1.165) is 0 Å². The van der Waals surface area contributed by atoms with Gasteiger partial charge in [-0.05, 0) is 6.92 Å². The molecule has 0 spiro atoms. The van der Waals surface area contributed by atoms with Crippen molar-refractivity contribution in [2.75, 3.05) is 26.8 Å². The van der Waals surface area contributed by atoms with Crippen LogP contribution < -0.4 is 5.32 Å². The van der Waals surface area contributed by atoms with Gasteiger partial charge in [-0.1, -0.05) is 0 Å². The second-order valence-corrected chi connectivity index (χ2v) is 3.87. The highest BCUT2D eigenvalue weighted by Gasteiger charge is 2.38. The normalized spacial score (nSPS) is 30.5. The van der Waals surface area contributed by atoms with Gasteiger partial charge in [0, 0.05) is 26.1 Å². The lowest BCUT2D eigenvalue weighted by atomic mass is 9.97. The number of nitrogens with one attached hydrogen (secondary N) is 1. The van der Waals surface area contributed by atoms with Crippen LogP contribution in [0, 0.1) is 0 Å². The van der Waals surface area contributed by atoms with Gasteiger partial charge in [-0.2, -0.15) is 0 Å². The minimum absolute atomic E-state index is 0.150. The second-order valence-electron chi connectivity index (χ2n) is 3.87. The zero-order chi connectivity index (χ0) is 11.3. The topological polar surface area (TPSA) is 67.8 Å². The highest BCUT2D eigenvalue weighted by atomic mass is 16.5. The number of hydrogen-bond donors (Lipinski definition) is 2. The van der Waals surface area contributed by atoms with Crippen molar-refractivity contribution in [2.24, 2.45) is 0 Å². The quantitative estimate of drug-likeness (QED) is 0.488. The van der Waals surface area contributed by atoms with Gasteiger partial charge in [-0.25, -0.2) is 0 Å². The Labute approximate surface area is 89.8 Å². The van der Waals surface area contributed by atoms with Crippen molar-refractivity contribution in [3.8, 4) is 0 Å². The number of carbonyl (C=O) groups is 1. The van der Waals surface area contributed by atoms with Crippen LogP contribution in [0.5, 0.6) is 0 Å². The van der Waals surface area contributed by atoms with Crippen LogP contribution in [-0.4, -0.2) is 49.6 Å². The molecule has 0 saturated carbocycles. The monoisotopic (exact) mass is 217 g/mol. The van der Waals surface area contributed by atoms with E-state index in [9.17, 15) is 9.90 Å². The van der Waals surface area contributed by atoms with Crippen LogP contribution >= 0.6 is 0 Å². The van der Waals surface area contributed by atoms with E-state index in [1.807, 2.05) is 6.92 Å². The molecule has 0 bridgehead atoms. The molecule has 1 aliphatic rings. The number of carbonyl (C=O) groups excluding carboxylic acids is 1. The largest absolute Gasteiger partial charge is 0.469 e. The van der Waals surface area contributed by atoms with Gasteiger partial charge in [0.05, 0.1) is 19.6 Å². The second kappa shape index (κ2) is 5.44. The van der Waals surface area contributed by atoms with Crippen molar-refractivity contribution < 1.29 is 19.4 Å². The van der Waals surface area contributed by atoms with Gasteiger partial charge in [0.1, 0.15) is 5.60 Å². The molecule has 1 fully saturated rings. The minimum atomic E-state index is -0.796. The zero-order valence-corrected chi connectivity index (χ0v) is 9.28. The molecule has 88 valence electrons. The average Bonchev–Trinajstić information content (AvgIpc) is 2.54. The maximum Gasteiger partial charge on any atom is 0.306 e. The van der Waals surface area contributed by atoms with Crippen molar-refractivity contribution in [3.63, 3.8) is 0 Å². The minimum Gasteiger partial charge on any atom is -0.469 e. The summed E-state index contributed by atoms with van der Waals surface area (Å²) in [7, 11) is 1.36. The number of rotatable bonds is 5. The Hall–Kier alpha value is -0.650. The Morgan fingerprint density at radius 1 is 1.73 bits per heavy atom. The number of methoxy groups -OCH3 is 1. The van der Waals surface area contributed by atoms with E-state index in [0.29, 0.717) is 32.5 Å². The van der Waals surface area contributed by atoms with Gasteiger partial charge in [-0.15, -0.1) is 0 Å². The highest BCUT2D eigenvalue weighted by molar-refractivity contribution is 5.69. The van der Waals surface area contributed by atoms with Crippen molar-refractivity contribution in [3.05, 3.63) is 0 Å². The molecule has 1 heterocycles. The summed E-state index contributed by atoms with van der Waals surface area (Å²) in [6.07, 6.45) is 0.810. The summed E-state index contributed by atoms with van der Waals surface area (Å²) in [5.41, 5.74) is -0.796. The third-order valence-electron chi connectivity index (χ3n) is 2.82. The van der Waals surface area contributed by atoms with Crippen LogP contribution in [0.25, 0.3) is 0 Å². The first-order valence-corrected chi connectivity index (χ1v) is 5.20. The molecule has 1 aliphatic heterocycles. The maximum absolute atomic E-state index is 10.8. The first-order valence-electron chi connectivity index (χ1n) is 5.20. The predicted octanol–water partition coefficient (Wildman–Crippen LogP) is -0.321. The first-order chi connectivity index (χ1) is 7.08. The van der Waals surface area contributed by atoms with Crippen LogP contribution in [0.3, 0.4) is 0 Å². The number of aliphatic hydroxyl groups is 1. The molecule has 0 aromatic rings. The lowest BCUT2D eigenvalue weighted by molar-refractivity contribution is -0.140. The molecule has 0 aromatic heterocycles. The van der Waals surface area contributed by atoms with E-state index < -0.39 is 5.60 Å². The van der Waals surface area contributed by atoms with Gasteiger partial charge < -0.3 is 19.9 Å². The molecule has 0 aliphatic carbocycles. The van der Waals surface area contributed by atoms with Gasteiger partial charge >= 0.3 is 5.97 Å². The standard InChI is InChI=1S/C10H19NO4/c1-8-10(13,4-6-15-8)7-11-5-3-9(12)14-2/h8,11,13H,3-7H2,1-2H3. The van der Waals surface area contributed by atoms with Crippen molar-refractivity contribution in [1.82, 2.24) is 5.32 Å². The van der Waals surface area contributed by atoms with Crippen molar-refractivity contribution >= 4 is 5.97 Å². The van der Waals surface area contributed by atoms with Crippen molar-refractivity contribution in [2.45, 2.75) is 31.5 Å². The zero-order valence-electron chi connectivity index (χ0n) is 9.28. The van der Waals surface area contributed by atoms with Crippen LogP contribution in [0.4, 0.5) is 0 Å². The average molecular weight is 217 g/mol. The molecule has 2 N–H and O–H groups in total. The molecule has 2 atom stereocenters. The summed E-state index contributed by atoms with van der Waals surface area (Å²) >= 11 is 0. The van der Waals surface area contributed by atoms with E-state index in [4.69, 9.17) is 4.74 Å². The third-order valence-corrected chi connectivity index (χ3v) is 2.82. The number of ether oxygens (including phenoxy) is 2. The van der Waals surface area contributed by atoms with Gasteiger partial charge in [0.25, 0.3) is 0 Å². The fourth-order valence-electron chi connectivity index (χ4n) is 1.60. The summed E-state index contributed by atoms with van der Waals surface area (Å²) in [5, 5.41) is 13.1. The van der Waals surface area contributed by atoms with Gasteiger partial charge in [0.2, 0.25) is 0 Å². The molecule has 2 unspecified atom stereocenters. The van der Waals surface area contributed by atoms with E-state index in [-0.39, 0.29) is 12.1 Å². The van der Waals surface area contributed by atoms with Gasteiger partial charge in [-0.3, -0.25) is 4.79 Å². The van der Waals surface area contributed by atoms with Crippen LogP contribution in [0.1, 0.15) is 19.8 Å².